The first kappa shape index (κ1) is 9.51. The van der Waals surface area contributed by atoms with Crippen LogP contribution in [0.3, 0.4) is 0 Å². The first-order valence-corrected chi connectivity index (χ1v) is 5.80. The number of hydrogen-bond donors (Lipinski definition) is 1. The molecule has 0 spiro atoms. The minimum absolute atomic E-state index is 0.566. The summed E-state index contributed by atoms with van der Waals surface area (Å²) in [4.78, 5) is 0. The predicted octanol–water partition coefficient (Wildman–Crippen LogP) is 2.81. The van der Waals surface area contributed by atoms with Gasteiger partial charge in [0, 0.05) is 6.04 Å². The van der Waals surface area contributed by atoms with E-state index in [2.05, 4.69) is 26.1 Å². The average Bonchev–Trinajstić information content (AvgIpc) is 2.30. The van der Waals surface area contributed by atoms with Gasteiger partial charge in [0.25, 0.3) is 0 Å². The SMILES string of the molecule is CC1CC2CCNC2CC(C)(C)C1. The molecule has 0 bridgehead atoms. The zero-order valence-corrected chi connectivity index (χ0v) is 9.27. The summed E-state index contributed by atoms with van der Waals surface area (Å²) < 4.78 is 0. The van der Waals surface area contributed by atoms with E-state index in [-0.39, 0.29) is 0 Å². The molecule has 0 amide bonds. The molecule has 3 atom stereocenters. The first-order chi connectivity index (χ1) is 6.07. The van der Waals surface area contributed by atoms with Gasteiger partial charge < -0.3 is 5.32 Å². The van der Waals surface area contributed by atoms with Crippen LogP contribution in [0, 0.1) is 17.3 Å². The Balaban J connectivity index is 2.10. The molecule has 2 rings (SSSR count). The fraction of sp³-hybridized carbons (Fsp3) is 1.00. The van der Waals surface area contributed by atoms with Crippen molar-refractivity contribution in [2.75, 3.05) is 6.54 Å². The molecule has 1 heteroatoms. The smallest absolute Gasteiger partial charge is 0.0101 e. The molecule has 1 saturated heterocycles. The highest BCUT2D eigenvalue weighted by molar-refractivity contribution is 4.92. The molecule has 2 fully saturated rings. The van der Waals surface area contributed by atoms with Crippen LogP contribution in [0.5, 0.6) is 0 Å². The normalized spacial score (nSPS) is 44.1. The molecular formula is C12H23N. The van der Waals surface area contributed by atoms with Crippen LogP contribution >= 0.6 is 0 Å². The van der Waals surface area contributed by atoms with Crippen LogP contribution in [-0.4, -0.2) is 12.6 Å². The van der Waals surface area contributed by atoms with E-state index in [1.165, 1.54) is 32.2 Å². The molecule has 13 heavy (non-hydrogen) atoms. The third-order valence-electron chi connectivity index (χ3n) is 3.87. The Hall–Kier alpha value is -0.0400. The molecule has 1 nitrogen and oxygen atoms in total. The van der Waals surface area contributed by atoms with Gasteiger partial charge in [-0.3, -0.25) is 0 Å². The topological polar surface area (TPSA) is 12.0 Å². The maximum Gasteiger partial charge on any atom is 0.0101 e. The van der Waals surface area contributed by atoms with Gasteiger partial charge in [-0.05, 0) is 49.5 Å². The zero-order valence-electron chi connectivity index (χ0n) is 9.27. The quantitative estimate of drug-likeness (QED) is 0.606. The second-order valence-electron chi connectivity index (χ2n) is 6.02. The Labute approximate surface area is 82.3 Å². The van der Waals surface area contributed by atoms with E-state index in [0.717, 1.165) is 17.9 Å². The van der Waals surface area contributed by atoms with Crippen molar-refractivity contribution >= 4 is 0 Å². The fourth-order valence-electron chi connectivity index (χ4n) is 3.57. The fourth-order valence-corrected chi connectivity index (χ4v) is 3.57. The largest absolute Gasteiger partial charge is 0.314 e. The van der Waals surface area contributed by atoms with Crippen molar-refractivity contribution < 1.29 is 0 Å². The summed E-state index contributed by atoms with van der Waals surface area (Å²) in [5, 5.41) is 3.67. The number of fused-ring (bicyclic) bond motifs is 1. The van der Waals surface area contributed by atoms with Gasteiger partial charge in [-0.2, -0.15) is 0 Å². The molecule has 0 radical (unpaired) electrons. The summed E-state index contributed by atoms with van der Waals surface area (Å²) >= 11 is 0. The summed E-state index contributed by atoms with van der Waals surface area (Å²) in [6, 6.07) is 0.833. The lowest BCUT2D eigenvalue weighted by molar-refractivity contribution is 0.260. The molecule has 1 N–H and O–H groups in total. The second kappa shape index (κ2) is 3.27. The second-order valence-corrected chi connectivity index (χ2v) is 6.02. The lowest BCUT2D eigenvalue weighted by atomic mass is 9.81. The third kappa shape index (κ3) is 2.07. The molecule has 0 aromatic carbocycles. The molecule has 3 unspecified atom stereocenters. The monoisotopic (exact) mass is 181 g/mol. The van der Waals surface area contributed by atoms with Crippen LogP contribution in [0.1, 0.15) is 46.5 Å². The van der Waals surface area contributed by atoms with Crippen LogP contribution in [-0.2, 0) is 0 Å². The highest BCUT2D eigenvalue weighted by Crippen LogP contribution is 2.41. The molecule has 76 valence electrons. The van der Waals surface area contributed by atoms with Crippen LogP contribution < -0.4 is 5.32 Å². The van der Waals surface area contributed by atoms with E-state index in [1.54, 1.807) is 0 Å². The van der Waals surface area contributed by atoms with Crippen molar-refractivity contribution in [1.29, 1.82) is 0 Å². The van der Waals surface area contributed by atoms with Crippen molar-refractivity contribution in [2.24, 2.45) is 17.3 Å². The Morgan fingerprint density at radius 3 is 2.77 bits per heavy atom. The van der Waals surface area contributed by atoms with Gasteiger partial charge in [0.2, 0.25) is 0 Å². The molecule has 2 aliphatic rings. The van der Waals surface area contributed by atoms with E-state index in [0.29, 0.717) is 5.41 Å². The third-order valence-corrected chi connectivity index (χ3v) is 3.87. The van der Waals surface area contributed by atoms with Gasteiger partial charge in [0.05, 0.1) is 0 Å². The predicted molar refractivity (Wildman–Crippen MR) is 56.7 cm³/mol. The highest BCUT2D eigenvalue weighted by Gasteiger charge is 2.37. The molecule has 0 aromatic heterocycles. The molecule has 1 heterocycles. The van der Waals surface area contributed by atoms with Gasteiger partial charge in [-0.1, -0.05) is 20.8 Å². The van der Waals surface area contributed by atoms with E-state index in [1.807, 2.05) is 0 Å². The van der Waals surface area contributed by atoms with E-state index < -0.39 is 0 Å². The summed E-state index contributed by atoms with van der Waals surface area (Å²) in [6.45, 7) is 8.57. The first-order valence-electron chi connectivity index (χ1n) is 5.80. The standard InChI is InChI=1S/C12H23N/c1-9-6-10-4-5-13-11(10)8-12(2,3)7-9/h9-11,13H,4-8H2,1-3H3. The van der Waals surface area contributed by atoms with Crippen molar-refractivity contribution in [3.63, 3.8) is 0 Å². The van der Waals surface area contributed by atoms with E-state index >= 15 is 0 Å². The Morgan fingerprint density at radius 1 is 1.23 bits per heavy atom. The van der Waals surface area contributed by atoms with Crippen molar-refractivity contribution in [3.05, 3.63) is 0 Å². The number of rotatable bonds is 0. The van der Waals surface area contributed by atoms with Crippen molar-refractivity contribution in [2.45, 2.75) is 52.5 Å². The summed E-state index contributed by atoms with van der Waals surface area (Å²) in [7, 11) is 0. The zero-order chi connectivity index (χ0) is 9.47. The molecule has 0 aromatic rings. The molecule has 1 aliphatic carbocycles. The van der Waals surface area contributed by atoms with E-state index in [4.69, 9.17) is 0 Å². The molecule has 1 saturated carbocycles. The summed E-state index contributed by atoms with van der Waals surface area (Å²) in [5.41, 5.74) is 0.566. The van der Waals surface area contributed by atoms with Crippen LogP contribution in [0.4, 0.5) is 0 Å². The van der Waals surface area contributed by atoms with Crippen molar-refractivity contribution in [1.82, 2.24) is 5.32 Å². The van der Waals surface area contributed by atoms with Crippen LogP contribution in [0.15, 0.2) is 0 Å². The Morgan fingerprint density at radius 2 is 2.00 bits per heavy atom. The molecule has 1 aliphatic heterocycles. The number of nitrogens with one attached hydrogen (secondary N) is 1. The lowest BCUT2D eigenvalue weighted by Gasteiger charge is -2.27. The van der Waals surface area contributed by atoms with E-state index in [9.17, 15) is 0 Å². The van der Waals surface area contributed by atoms with Crippen LogP contribution in [0.2, 0.25) is 0 Å². The summed E-state index contributed by atoms with van der Waals surface area (Å²) in [5.74, 6) is 1.92. The van der Waals surface area contributed by atoms with Crippen LogP contribution in [0.25, 0.3) is 0 Å². The molecular weight excluding hydrogens is 158 g/mol. The highest BCUT2D eigenvalue weighted by atomic mass is 15.0. The number of hydrogen-bond acceptors (Lipinski definition) is 1. The average molecular weight is 181 g/mol. The minimum Gasteiger partial charge on any atom is -0.314 e. The van der Waals surface area contributed by atoms with Gasteiger partial charge in [0.1, 0.15) is 0 Å². The summed E-state index contributed by atoms with van der Waals surface area (Å²) in [6.07, 6.45) is 5.69. The Bertz CT molecular complexity index is 186. The van der Waals surface area contributed by atoms with Gasteiger partial charge in [-0.15, -0.1) is 0 Å². The van der Waals surface area contributed by atoms with Gasteiger partial charge in [-0.25, -0.2) is 0 Å². The van der Waals surface area contributed by atoms with Gasteiger partial charge in [0.15, 0.2) is 0 Å². The Kier molecular flexibility index (Phi) is 2.39. The lowest BCUT2D eigenvalue weighted by Crippen LogP contribution is -2.30. The van der Waals surface area contributed by atoms with Crippen molar-refractivity contribution in [3.8, 4) is 0 Å². The van der Waals surface area contributed by atoms with Gasteiger partial charge >= 0.3 is 0 Å². The minimum atomic E-state index is 0.566. The maximum atomic E-state index is 3.67. The maximum absolute atomic E-state index is 3.67.